The summed E-state index contributed by atoms with van der Waals surface area (Å²) in [5, 5.41) is 0. The van der Waals surface area contributed by atoms with E-state index in [2.05, 4.69) is 0 Å². The van der Waals surface area contributed by atoms with E-state index in [9.17, 15) is 26.4 Å². The van der Waals surface area contributed by atoms with Crippen LogP contribution in [0.25, 0.3) is 0 Å². The number of fused-ring (bicyclic) bond motifs is 1. The van der Waals surface area contributed by atoms with Gasteiger partial charge in [-0.05, 0) is 93.6 Å². The number of amides is 1. The first-order valence-electron chi connectivity index (χ1n) is 17.0. The van der Waals surface area contributed by atoms with Crippen molar-refractivity contribution >= 4 is 15.9 Å². The van der Waals surface area contributed by atoms with Crippen LogP contribution in [0.5, 0.6) is 23.0 Å². The first-order valence-corrected chi connectivity index (χ1v) is 18.4. The van der Waals surface area contributed by atoms with E-state index in [4.69, 9.17) is 18.9 Å². The molecule has 0 spiro atoms. The van der Waals surface area contributed by atoms with Crippen LogP contribution < -0.4 is 18.9 Å². The second-order valence-electron chi connectivity index (χ2n) is 11.9. The van der Waals surface area contributed by atoms with Gasteiger partial charge in [0.15, 0.2) is 40.4 Å². The minimum absolute atomic E-state index is 0.0298. The lowest BCUT2D eigenvalue weighted by Gasteiger charge is -2.40. The predicted octanol–water partition coefficient (Wildman–Crippen LogP) is 5.37. The molecule has 0 aromatic heterocycles. The van der Waals surface area contributed by atoms with Crippen LogP contribution in [-0.2, 0) is 27.7 Å². The lowest BCUT2D eigenvalue weighted by Crippen LogP contribution is -2.52. The van der Waals surface area contributed by atoms with Gasteiger partial charge in [0.05, 0.1) is 39.0 Å². The van der Waals surface area contributed by atoms with Crippen LogP contribution in [0.3, 0.4) is 0 Å². The molecule has 3 aromatic rings. The largest absolute Gasteiger partial charge is 0.490 e. The normalized spacial score (nSPS) is 16.9. The maximum atomic E-state index is 14.4. The molecule has 14 heteroatoms. The smallest absolute Gasteiger partial charge is 0.246 e. The van der Waals surface area contributed by atoms with Gasteiger partial charge in [0.1, 0.15) is 4.90 Å². The van der Waals surface area contributed by atoms with Crippen LogP contribution in [0.1, 0.15) is 50.4 Å². The highest BCUT2D eigenvalue weighted by Crippen LogP contribution is 2.41. The van der Waals surface area contributed by atoms with E-state index in [1.54, 1.807) is 0 Å². The van der Waals surface area contributed by atoms with E-state index < -0.39 is 32.4 Å². The van der Waals surface area contributed by atoms with Crippen molar-refractivity contribution in [3.05, 3.63) is 76.6 Å². The van der Waals surface area contributed by atoms with Crippen molar-refractivity contribution in [3.8, 4) is 23.0 Å². The number of piperazine rings is 1. The maximum absolute atomic E-state index is 14.4. The molecule has 1 amide bonds. The molecule has 0 N–H and O–H groups in total. The van der Waals surface area contributed by atoms with Crippen LogP contribution in [0.15, 0.2) is 47.4 Å². The van der Waals surface area contributed by atoms with Gasteiger partial charge < -0.3 is 23.8 Å². The number of carbonyl (C=O) groups is 1. The molecular formula is C36H44F3N3O7S. The molecule has 3 aromatic carbocycles. The molecule has 0 aliphatic carbocycles. The highest BCUT2D eigenvalue weighted by Gasteiger charge is 2.36. The second-order valence-corrected chi connectivity index (χ2v) is 13.8. The third kappa shape index (κ3) is 7.97. The van der Waals surface area contributed by atoms with E-state index in [-0.39, 0.29) is 44.7 Å². The van der Waals surface area contributed by atoms with Crippen molar-refractivity contribution in [1.82, 2.24) is 14.1 Å². The van der Waals surface area contributed by atoms with Crippen LogP contribution in [0, 0.1) is 17.5 Å². The summed E-state index contributed by atoms with van der Waals surface area (Å²) in [5.74, 6) is -2.67. The topological polar surface area (TPSA) is 97.9 Å². The number of sulfonamides is 1. The second kappa shape index (κ2) is 16.3. The Labute approximate surface area is 291 Å². The fourth-order valence-corrected chi connectivity index (χ4v) is 7.94. The van der Waals surface area contributed by atoms with Gasteiger partial charge in [-0.1, -0.05) is 6.07 Å². The predicted molar refractivity (Wildman–Crippen MR) is 181 cm³/mol. The lowest BCUT2D eigenvalue weighted by atomic mass is 9.88. The Morgan fingerprint density at radius 3 is 1.98 bits per heavy atom. The summed E-state index contributed by atoms with van der Waals surface area (Å²) >= 11 is 0. The summed E-state index contributed by atoms with van der Waals surface area (Å²) in [5.41, 5.74) is 2.96. The molecule has 1 atom stereocenters. The van der Waals surface area contributed by atoms with Crippen LogP contribution >= 0.6 is 0 Å². The van der Waals surface area contributed by atoms with Crippen LogP contribution in [0.2, 0.25) is 0 Å². The summed E-state index contributed by atoms with van der Waals surface area (Å²) < 4.78 is 92.5. The first-order chi connectivity index (χ1) is 24.0. The first kappa shape index (κ1) is 37.3. The monoisotopic (exact) mass is 719 g/mol. The minimum Gasteiger partial charge on any atom is -0.490 e. The van der Waals surface area contributed by atoms with Gasteiger partial charge >= 0.3 is 0 Å². The van der Waals surface area contributed by atoms with Gasteiger partial charge in [0.25, 0.3) is 0 Å². The van der Waals surface area contributed by atoms with Crippen molar-refractivity contribution < 1.29 is 45.3 Å². The van der Waals surface area contributed by atoms with Gasteiger partial charge in [-0.2, -0.15) is 4.31 Å². The molecule has 0 radical (unpaired) electrons. The molecule has 272 valence electrons. The molecule has 1 fully saturated rings. The summed E-state index contributed by atoms with van der Waals surface area (Å²) in [6.07, 6.45) is 1.08. The Morgan fingerprint density at radius 2 is 1.34 bits per heavy atom. The molecule has 2 heterocycles. The number of halogens is 3. The van der Waals surface area contributed by atoms with E-state index in [0.29, 0.717) is 74.9 Å². The van der Waals surface area contributed by atoms with E-state index >= 15 is 0 Å². The molecule has 10 nitrogen and oxygen atoms in total. The quantitative estimate of drug-likeness (QED) is 0.205. The standard InChI is InChI=1S/C36H44F3N3O7S/c1-5-46-29-11-9-24(20-30(29)47-6-2)19-28-26-22-32(49-8-4)31(48-7-3)21-25(26)13-14-42(28)34(43)23-40-15-17-41(18-16-40)50(44,45)33-12-10-27(37)35(38)36(33)39/h9-12,20-22,28H,5-8,13-19,23H2,1-4H3. The zero-order valence-corrected chi connectivity index (χ0v) is 29.7. The van der Waals surface area contributed by atoms with Crippen LogP contribution in [-0.4, -0.2) is 94.1 Å². The molecule has 2 aliphatic heterocycles. The van der Waals surface area contributed by atoms with Gasteiger partial charge in [-0.15, -0.1) is 0 Å². The molecule has 2 aliphatic rings. The van der Waals surface area contributed by atoms with Gasteiger partial charge in [-0.25, -0.2) is 21.6 Å². The number of benzene rings is 3. The average molecular weight is 720 g/mol. The number of carbonyl (C=O) groups excluding carboxylic acids is 1. The van der Waals surface area contributed by atoms with Crippen molar-refractivity contribution in [2.24, 2.45) is 0 Å². The van der Waals surface area contributed by atoms with Crippen molar-refractivity contribution in [1.29, 1.82) is 0 Å². The maximum Gasteiger partial charge on any atom is 0.246 e. The molecule has 0 saturated carbocycles. The molecule has 0 bridgehead atoms. The molecular weight excluding hydrogens is 675 g/mol. The van der Waals surface area contributed by atoms with Crippen molar-refractivity contribution in [3.63, 3.8) is 0 Å². The van der Waals surface area contributed by atoms with Crippen molar-refractivity contribution in [2.75, 3.05) is 65.7 Å². The van der Waals surface area contributed by atoms with Gasteiger partial charge in [0, 0.05) is 32.7 Å². The highest BCUT2D eigenvalue weighted by atomic mass is 32.2. The summed E-state index contributed by atoms with van der Waals surface area (Å²) in [7, 11) is -4.42. The van der Waals surface area contributed by atoms with E-state index in [1.165, 1.54) is 0 Å². The molecule has 5 rings (SSSR count). The average Bonchev–Trinajstić information content (AvgIpc) is 3.09. The fraction of sp³-hybridized carbons (Fsp3) is 0.472. The summed E-state index contributed by atoms with van der Waals surface area (Å²) in [4.78, 5) is 16.9. The SMILES string of the molecule is CCOc1ccc(CC2c3cc(OCC)c(OCC)cc3CCN2C(=O)CN2CCN(S(=O)(=O)c3ccc(F)c(F)c3F)CC2)cc1OCC. The number of ether oxygens (including phenoxy) is 4. The lowest BCUT2D eigenvalue weighted by molar-refractivity contribution is -0.135. The Bertz CT molecular complexity index is 1780. The summed E-state index contributed by atoms with van der Waals surface area (Å²) in [6.45, 7) is 10.2. The number of hydrogen-bond donors (Lipinski definition) is 0. The minimum atomic E-state index is -4.42. The van der Waals surface area contributed by atoms with E-state index in [1.807, 2.05) is 67.8 Å². The van der Waals surface area contributed by atoms with Gasteiger partial charge in [-0.3, -0.25) is 9.69 Å². The fourth-order valence-electron chi connectivity index (χ4n) is 6.47. The third-order valence-electron chi connectivity index (χ3n) is 8.83. The number of hydrogen-bond acceptors (Lipinski definition) is 8. The molecule has 1 unspecified atom stereocenters. The zero-order chi connectivity index (χ0) is 36.0. The molecule has 1 saturated heterocycles. The zero-order valence-electron chi connectivity index (χ0n) is 28.8. The molecule has 50 heavy (non-hydrogen) atoms. The van der Waals surface area contributed by atoms with E-state index in [0.717, 1.165) is 27.1 Å². The summed E-state index contributed by atoms with van der Waals surface area (Å²) in [6, 6.07) is 10.7. The Morgan fingerprint density at radius 1 is 0.740 bits per heavy atom. The third-order valence-corrected chi connectivity index (χ3v) is 10.7. The Hall–Kier alpha value is -4.01. The van der Waals surface area contributed by atoms with Crippen LogP contribution in [0.4, 0.5) is 13.2 Å². The number of rotatable bonds is 14. The van der Waals surface area contributed by atoms with Gasteiger partial charge in [0.2, 0.25) is 15.9 Å². The Kier molecular flexibility index (Phi) is 12.2. The Balaban J connectivity index is 1.38. The van der Waals surface area contributed by atoms with Crippen molar-refractivity contribution in [2.45, 2.75) is 51.5 Å². The highest BCUT2D eigenvalue weighted by molar-refractivity contribution is 7.89. The number of nitrogens with zero attached hydrogens (tertiary/aromatic N) is 3.